The summed E-state index contributed by atoms with van der Waals surface area (Å²) >= 11 is 0. The number of hydrogen-bond acceptors (Lipinski definition) is 2. The molecule has 98 valence electrons. The summed E-state index contributed by atoms with van der Waals surface area (Å²) in [4.78, 5) is 12.0. The molecule has 2 aliphatic carbocycles. The number of fused-ring (bicyclic) bond motifs is 2. The summed E-state index contributed by atoms with van der Waals surface area (Å²) in [6, 6.07) is 0.332. The molecule has 2 saturated carbocycles. The van der Waals surface area contributed by atoms with E-state index in [1.54, 1.807) is 0 Å². The minimum atomic E-state index is -0.00367. The van der Waals surface area contributed by atoms with Crippen LogP contribution in [0.2, 0.25) is 0 Å². The van der Waals surface area contributed by atoms with Gasteiger partial charge in [-0.25, -0.2) is 0 Å². The fourth-order valence-corrected chi connectivity index (χ4v) is 3.81. The van der Waals surface area contributed by atoms with E-state index < -0.39 is 0 Å². The molecular weight excluding hydrogens is 212 g/mol. The van der Waals surface area contributed by atoms with E-state index in [4.69, 9.17) is 5.73 Å². The molecule has 0 radical (unpaired) electrons. The molecule has 2 rings (SSSR count). The third kappa shape index (κ3) is 2.65. The smallest absolute Gasteiger partial charge is 0.224 e. The first kappa shape index (κ1) is 12.9. The molecule has 2 bridgehead atoms. The van der Waals surface area contributed by atoms with E-state index in [0.717, 1.165) is 18.3 Å². The highest BCUT2D eigenvalue weighted by molar-refractivity contribution is 5.79. The molecule has 2 fully saturated rings. The van der Waals surface area contributed by atoms with Crippen LogP contribution in [0.25, 0.3) is 0 Å². The lowest BCUT2D eigenvalue weighted by Gasteiger charge is -2.29. The molecule has 1 amide bonds. The molecule has 3 heteroatoms. The highest BCUT2D eigenvalue weighted by atomic mass is 16.1. The minimum absolute atomic E-state index is 0.00367. The Kier molecular flexibility index (Phi) is 4.08. The molecule has 3 nitrogen and oxygen atoms in total. The number of carbonyl (C=O) groups is 1. The third-order valence-corrected chi connectivity index (χ3v) is 4.95. The molecule has 0 spiro atoms. The second-order valence-electron chi connectivity index (χ2n) is 5.98. The summed E-state index contributed by atoms with van der Waals surface area (Å²) in [6.45, 7) is 4.66. The second kappa shape index (κ2) is 5.38. The Morgan fingerprint density at radius 1 is 1.41 bits per heavy atom. The van der Waals surface area contributed by atoms with Crippen molar-refractivity contribution in [2.24, 2.45) is 29.4 Å². The lowest BCUT2D eigenvalue weighted by Crippen LogP contribution is -2.44. The SMILES string of the molecule is CCC(CN)C(=O)NC(C)C1CC2CCC1C2. The number of rotatable bonds is 5. The number of nitrogens with one attached hydrogen (secondary N) is 1. The molecular formula is C14H26N2O. The third-order valence-electron chi connectivity index (χ3n) is 4.95. The van der Waals surface area contributed by atoms with Crippen LogP contribution < -0.4 is 11.1 Å². The van der Waals surface area contributed by atoms with Gasteiger partial charge in [0.15, 0.2) is 0 Å². The van der Waals surface area contributed by atoms with E-state index in [-0.39, 0.29) is 11.8 Å². The Bertz CT molecular complexity index is 275. The van der Waals surface area contributed by atoms with Crippen molar-refractivity contribution in [1.29, 1.82) is 0 Å². The van der Waals surface area contributed by atoms with Crippen LogP contribution in [-0.4, -0.2) is 18.5 Å². The van der Waals surface area contributed by atoms with Crippen molar-refractivity contribution in [3.8, 4) is 0 Å². The quantitative estimate of drug-likeness (QED) is 0.768. The second-order valence-corrected chi connectivity index (χ2v) is 5.98. The number of carbonyl (C=O) groups excluding carboxylic acids is 1. The van der Waals surface area contributed by atoms with Crippen molar-refractivity contribution in [2.75, 3.05) is 6.54 Å². The monoisotopic (exact) mass is 238 g/mol. The lowest BCUT2D eigenvalue weighted by molar-refractivity contribution is -0.125. The Morgan fingerprint density at radius 3 is 2.65 bits per heavy atom. The van der Waals surface area contributed by atoms with Gasteiger partial charge in [0.1, 0.15) is 0 Å². The maximum atomic E-state index is 12.0. The first-order valence-corrected chi connectivity index (χ1v) is 7.16. The molecule has 5 unspecified atom stereocenters. The van der Waals surface area contributed by atoms with Gasteiger partial charge >= 0.3 is 0 Å². The summed E-state index contributed by atoms with van der Waals surface area (Å²) < 4.78 is 0. The van der Waals surface area contributed by atoms with Gasteiger partial charge in [0.2, 0.25) is 5.91 Å². The van der Waals surface area contributed by atoms with E-state index in [1.807, 2.05) is 6.92 Å². The van der Waals surface area contributed by atoms with E-state index in [9.17, 15) is 4.79 Å². The van der Waals surface area contributed by atoms with Crippen LogP contribution in [-0.2, 0) is 4.79 Å². The highest BCUT2D eigenvalue weighted by Gasteiger charge is 2.42. The van der Waals surface area contributed by atoms with Crippen LogP contribution in [0.4, 0.5) is 0 Å². The van der Waals surface area contributed by atoms with Crippen LogP contribution in [0.5, 0.6) is 0 Å². The summed E-state index contributed by atoms with van der Waals surface area (Å²) in [5.74, 6) is 2.68. The summed E-state index contributed by atoms with van der Waals surface area (Å²) in [6.07, 6.45) is 6.36. The first-order valence-electron chi connectivity index (χ1n) is 7.16. The molecule has 5 atom stereocenters. The van der Waals surface area contributed by atoms with Crippen LogP contribution in [0.15, 0.2) is 0 Å². The predicted octanol–water partition coefficient (Wildman–Crippen LogP) is 1.91. The zero-order chi connectivity index (χ0) is 12.4. The molecule has 0 heterocycles. The Labute approximate surface area is 105 Å². The number of amides is 1. The Balaban J connectivity index is 1.84. The summed E-state index contributed by atoms with van der Waals surface area (Å²) in [5, 5.41) is 3.19. The summed E-state index contributed by atoms with van der Waals surface area (Å²) in [5.41, 5.74) is 5.61. The van der Waals surface area contributed by atoms with Crippen LogP contribution in [0.3, 0.4) is 0 Å². The Hall–Kier alpha value is -0.570. The van der Waals surface area contributed by atoms with Crippen molar-refractivity contribution in [1.82, 2.24) is 5.32 Å². The van der Waals surface area contributed by atoms with Gasteiger partial charge in [-0.05, 0) is 50.4 Å². The van der Waals surface area contributed by atoms with Crippen LogP contribution in [0.1, 0.15) is 46.0 Å². The maximum absolute atomic E-state index is 12.0. The van der Waals surface area contributed by atoms with Crippen molar-refractivity contribution in [3.63, 3.8) is 0 Å². The van der Waals surface area contributed by atoms with E-state index in [1.165, 1.54) is 25.7 Å². The van der Waals surface area contributed by atoms with Gasteiger partial charge in [-0.2, -0.15) is 0 Å². The standard InChI is InChI=1S/C14H26N2O/c1-3-11(8-15)14(17)16-9(2)13-7-10-4-5-12(13)6-10/h9-13H,3-8,15H2,1-2H3,(H,16,17). The zero-order valence-electron chi connectivity index (χ0n) is 11.1. The average molecular weight is 238 g/mol. The van der Waals surface area contributed by atoms with Gasteiger partial charge in [0.25, 0.3) is 0 Å². The number of hydrogen-bond donors (Lipinski definition) is 2. The largest absolute Gasteiger partial charge is 0.353 e. The molecule has 0 aromatic carbocycles. The molecule has 17 heavy (non-hydrogen) atoms. The molecule has 0 aliphatic heterocycles. The van der Waals surface area contributed by atoms with Gasteiger partial charge in [-0.15, -0.1) is 0 Å². The maximum Gasteiger partial charge on any atom is 0.224 e. The van der Waals surface area contributed by atoms with Gasteiger partial charge < -0.3 is 11.1 Å². The van der Waals surface area contributed by atoms with E-state index >= 15 is 0 Å². The van der Waals surface area contributed by atoms with E-state index in [2.05, 4.69) is 12.2 Å². The normalized spacial score (nSPS) is 34.6. The highest BCUT2D eigenvalue weighted by Crippen LogP contribution is 2.49. The first-order chi connectivity index (χ1) is 8.15. The van der Waals surface area contributed by atoms with Gasteiger partial charge in [0, 0.05) is 18.5 Å². The van der Waals surface area contributed by atoms with Gasteiger partial charge in [-0.1, -0.05) is 13.3 Å². The zero-order valence-corrected chi connectivity index (χ0v) is 11.1. The fraction of sp³-hybridized carbons (Fsp3) is 0.929. The van der Waals surface area contributed by atoms with E-state index in [0.29, 0.717) is 18.5 Å². The average Bonchev–Trinajstić information content (AvgIpc) is 2.92. The summed E-state index contributed by atoms with van der Waals surface area (Å²) in [7, 11) is 0. The van der Waals surface area contributed by atoms with Crippen molar-refractivity contribution in [2.45, 2.75) is 52.0 Å². The van der Waals surface area contributed by atoms with Crippen LogP contribution >= 0.6 is 0 Å². The van der Waals surface area contributed by atoms with Gasteiger partial charge in [-0.3, -0.25) is 4.79 Å². The van der Waals surface area contributed by atoms with Crippen molar-refractivity contribution in [3.05, 3.63) is 0 Å². The van der Waals surface area contributed by atoms with Gasteiger partial charge in [0.05, 0.1) is 0 Å². The van der Waals surface area contributed by atoms with Crippen molar-refractivity contribution >= 4 is 5.91 Å². The predicted molar refractivity (Wildman–Crippen MR) is 69.4 cm³/mol. The molecule has 0 aromatic rings. The minimum Gasteiger partial charge on any atom is -0.353 e. The van der Waals surface area contributed by atoms with Crippen molar-refractivity contribution < 1.29 is 4.79 Å². The molecule has 0 aromatic heterocycles. The fourth-order valence-electron chi connectivity index (χ4n) is 3.81. The molecule has 3 N–H and O–H groups in total. The van der Waals surface area contributed by atoms with Crippen LogP contribution in [0, 0.1) is 23.7 Å². The Morgan fingerprint density at radius 2 is 2.18 bits per heavy atom. The molecule has 0 saturated heterocycles. The topological polar surface area (TPSA) is 55.1 Å². The number of nitrogens with two attached hydrogens (primary N) is 1. The molecule has 2 aliphatic rings. The lowest BCUT2D eigenvalue weighted by atomic mass is 9.84.